The number of ether oxygens (including phenoxy) is 2. The molecule has 0 spiro atoms. The molecule has 0 fully saturated rings. The summed E-state index contributed by atoms with van der Waals surface area (Å²) in [5.41, 5.74) is 0.887. The molecule has 0 bridgehead atoms. The third-order valence-electron chi connectivity index (χ3n) is 2.20. The van der Waals surface area contributed by atoms with Crippen molar-refractivity contribution in [1.29, 1.82) is 0 Å². The van der Waals surface area contributed by atoms with E-state index >= 15 is 0 Å². The van der Waals surface area contributed by atoms with Crippen molar-refractivity contribution in [3.8, 4) is 22.8 Å². The van der Waals surface area contributed by atoms with Crippen molar-refractivity contribution in [3.05, 3.63) is 35.0 Å². The van der Waals surface area contributed by atoms with E-state index in [1.807, 2.05) is 18.2 Å². The molecule has 4 heteroatoms. The summed E-state index contributed by atoms with van der Waals surface area (Å²) >= 11 is 3.41. The van der Waals surface area contributed by atoms with Crippen LogP contribution in [0.3, 0.4) is 0 Å². The maximum Gasteiger partial charge on any atom is 0.170 e. The van der Waals surface area contributed by atoms with Gasteiger partial charge in [-0.2, -0.15) is 0 Å². The molecule has 2 aromatic rings. The van der Waals surface area contributed by atoms with Gasteiger partial charge in [-0.25, -0.2) is 0 Å². The molecule has 1 radical (unpaired) electrons. The normalized spacial score (nSPS) is 10.2. The topological polar surface area (TPSA) is 31.6 Å². The summed E-state index contributed by atoms with van der Waals surface area (Å²) in [5, 5.41) is 0. The van der Waals surface area contributed by atoms with Crippen molar-refractivity contribution in [2.45, 2.75) is 0 Å². The van der Waals surface area contributed by atoms with Gasteiger partial charge in [0, 0.05) is 5.56 Å². The number of hydrogen-bond donors (Lipinski definition) is 0. The Morgan fingerprint density at radius 2 is 1.81 bits per heavy atom. The minimum atomic E-state index is 0.700. The molecule has 0 saturated heterocycles. The van der Waals surface area contributed by atoms with E-state index < -0.39 is 0 Å². The molecule has 0 aliphatic rings. The molecule has 0 aliphatic carbocycles. The fourth-order valence-electron chi connectivity index (χ4n) is 1.41. The average Bonchev–Trinajstić information content (AvgIpc) is 2.83. The van der Waals surface area contributed by atoms with Gasteiger partial charge >= 0.3 is 0 Å². The molecule has 1 aromatic heterocycles. The second-order valence-electron chi connectivity index (χ2n) is 3.11. The zero-order valence-corrected chi connectivity index (χ0v) is 10.5. The highest BCUT2D eigenvalue weighted by molar-refractivity contribution is 9.10. The smallest absolute Gasteiger partial charge is 0.170 e. The first kappa shape index (κ1) is 11.1. The Kier molecular flexibility index (Phi) is 3.19. The van der Waals surface area contributed by atoms with Gasteiger partial charge in [-0.1, -0.05) is 0 Å². The lowest BCUT2D eigenvalue weighted by Gasteiger charge is -2.10. The summed E-state index contributed by atoms with van der Waals surface area (Å²) < 4.78 is 16.5. The molecule has 3 nitrogen and oxygen atoms in total. The van der Waals surface area contributed by atoms with Crippen LogP contribution in [0.15, 0.2) is 33.2 Å². The monoisotopic (exact) mass is 281 g/mol. The Morgan fingerprint density at radius 1 is 1.19 bits per heavy atom. The van der Waals surface area contributed by atoms with Gasteiger partial charge in [-0.3, -0.25) is 0 Å². The van der Waals surface area contributed by atoms with Crippen LogP contribution in [0.2, 0.25) is 0 Å². The van der Waals surface area contributed by atoms with E-state index in [0.717, 1.165) is 15.8 Å². The van der Waals surface area contributed by atoms with Crippen molar-refractivity contribution in [1.82, 2.24) is 0 Å². The lowest BCUT2D eigenvalue weighted by atomic mass is 10.1. The second-order valence-corrected chi connectivity index (χ2v) is 3.91. The molecular weight excluding hydrogens is 272 g/mol. The van der Waals surface area contributed by atoms with E-state index in [1.54, 1.807) is 20.3 Å². The molecule has 16 heavy (non-hydrogen) atoms. The minimum absolute atomic E-state index is 0.700. The average molecular weight is 282 g/mol. The van der Waals surface area contributed by atoms with Crippen LogP contribution in [0.4, 0.5) is 0 Å². The number of methoxy groups -OCH3 is 2. The third kappa shape index (κ3) is 1.93. The Bertz CT molecular complexity index is 452. The van der Waals surface area contributed by atoms with E-state index in [0.29, 0.717) is 11.5 Å². The summed E-state index contributed by atoms with van der Waals surface area (Å²) in [4.78, 5) is 0. The maximum absolute atomic E-state index is 5.25. The largest absolute Gasteiger partial charge is 0.495 e. The molecule has 1 heterocycles. The van der Waals surface area contributed by atoms with Gasteiger partial charge in [0.15, 0.2) is 6.26 Å². The summed E-state index contributed by atoms with van der Waals surface area (Å²) in [5.74, 6) is 2.13. The lowest BCUT2D eigenvalue weighted by Crippen LogP contribution is -1.90. The number of hydrogen-bond acceptors (Lipinski definition) is 3. The highest BCUT2D eigenvalue weighted by Gasteiger charge is 2.12. The molecule has 2 rings (SSSR count). The molecule has 83 valence electrons. The summed E-state index contributed by atoms with van der Waals surface area (Å²) in [6.45, 7) is 0. The van der Waals surface area contributed by atoms with Crippen molar-refractivity contribution in [2.24, 2.45) is 0 Å². The number of halogens is 1. The third-order valence-corrected chi connectivity index (χ3v) is 2.98. The van der Waals surface area contributed by atoms with Crippen LogP contribution < -0.4 is 9.47 Å². The van der Waals surface area contributed by atoms with Crippen LogP contribution in [-0.2, 0) is 0 Å². The first-order chi connectivity index (χ1) is 7.76. The molecule has 0 aliphatic heterocycles. The predicted molar refractivity (Wildman–Crippen MR) is 63.8 cm³/mol. The number of rotatable bonds is 3. The van der Waals surface area contributed by atoms with Crippen molar-refractivity contribution in [3.63, 3.8) is 0 Å². The first-order valence-corrected chi connectivity index (χ1v) is 5.43. The number of furan rings is 1. The van der Waals surface area contributed by atoms with E-state index in [4.69, 9.17) is 13.9 Å². The summed E-state index contributed by atoms with van der Waals surface area (Å²) in [7, 11) is 3.22. The van der Waals surface area contributed by atoms with Crippen LogP contribution in [-0.4, -0.2) is 14.2 Å². The van der Waals surface area contributed by atoms with Crippen molar-refractivity contribution < 1.29 is 13.9 Å². The molecule has 0 N–H and O–H groups in total. The van der Waals surface area contributed by atoms with Gasteiger partial charge in [-0.15, -0.1) is 0 Å². The van der Waals surface area contributed by atoms with Gasteiger partial charge in [-0.05, 0) is 40.2 Å². The summed E-state index contributed by atoms with van der Waals surface area (Å²) in [6.07, 6.45) is 2.65. The van der Waals surface area contributed by atoms with Crippen molar-refractivity contribution >= 4 is 15.9 Å². The quantitative estimate of drug-likeness (QED) is 0.863. The van der Waals surface area contributed by atoms with Crippen LogP contribution in [0.5, 0.6) is 11.5 Å². The van der Waals surface area contributed by atoms with Gasteiger partial charge in [0.2, 0.25) is 0 Å². The molecular formula is C12H10BrO3. The highest BCUT2D eigenvalue weighted by Crippen LogP contribution is 2.38. The van der Waals surface area contributed by atoms with E-state index in [-0.39, 0.29) is 0 Å². The van der Waals surface area contributed by atoms with Gasteiger partial charge in [0.1, 0.15) is 21.7 Å². The first-order valence-electron chi connectivity index (χ1n) is 4.64. The van der Waals surface area contributed by atoms with E-state index in [2.05, 4.69) is 22.2 Å². The Balaban J connectivity index is 2.56. The lowest BCUT2D eigenvalue weighted by molar-refractivity contribution is 0.389. The molecule has 0 unspecified atom stereocenters. The SMILES string of the molecule is COc1cc(-c2cc[c]o2)cc(OC)c1Br. The van der Waals surface area contributed by atoms with E-state index in [1.165, 1.54) is 0 Å². The Hall–Kier alpha value is -1.42. The highest BCUT2D eigenvalue weighted by atomic mass is 79.9. The molecule has 0 amide bonds. The molecule has 1 aromatic carbocycles. The van der Waals surface area contributed by atoms with Crippen molar-refractivity contribution in [2.75, 3.05) is 14.2 Å². The summed E-state index contributed by atoms with van der Waals surface area (Å²) in [6, 6.07) is 7.30. The fraction of sp³-hybridized carbons (Fsp3) is 0.167. The van der Waals surface area contributed by atoms with Crippen LogP contribution in [0.25, 0.3) is 11.3 Å². The van der Waals surface area contributed by atoms with Gasteiger partial charge < -0.3 is 13.9 Å². The fourth-order valence-corrected chi connectivity index (χ4v) is 1.96. The number of benzene rings is 1. The zero-order valence-electron chi connectivity index (χ0n) is 8.91. The van der Waals surface area contributed by atoms with Gasteiger partial charge in [0.25, 0.3) is 0 Å². The Morgan fingerprint density at radius 3 is 2.25 bits per heavy atom. The van der Waals surface area contributed by atoms with E-state index in [9.17, 15) is 0 Å². The molecule has 0 saturated carbocycles. The standard InChI is InChI=1S/C12H10BrO3/c1-14-10-6-8(9-4-3-5-16-9)7-11(15-2)12(10)13/h3-4,6-7H,1-2H3. The van der Waals surface area contributed by atoms with Crippen LogP contribution >= 0.6 is 15.9 Å². The second kappa shape index (κ2) is 4.61. The van der Waals surface area contributed by atoms with Gasteiger partial charge in [0.05, 0.1) is 14.2 Å². The maximum atomic E-state index is 5.25. The van der Waals surface area contributed by atoms with Crippen LogP contribution in [0.1, 0.15) is 0 Å². The minimum Gasteiger partial charge on any atom is -0.495 e. The Labute approximate surface area is 102 Å². The van der Waals surface area contributed by atoms with Crippen LogP contribution in [0, 0.1) is 6.26 Å². The predicted octanol–water partition coefficient (Wildman–Crippen LogP) is 3.53. The molecule has 0 atom stereocenters. The zero-order chi connectivity index (χ0) is 11.5.